The van der Waals surface area contributed by atoms with Crippen molar-refractivity contribution in [3.05, 3.63) is 58.2 Å². The van der Waals surface area contributed by atoms with Gasteiger partial charge in [0.15, 0.2) is 11.2 Å². The highest BCUT2D eigenvalue weighted by Crippen LogP contribution is 2.11. The highest BCUT2D eigenvalue weighted by molar-refractivity contribution is 7.71. The van der Waals surface area contributed by atoms with Gasteiger partial charge in [-0.05, 0) is 48.7 Å². The molecule has 0 unspecified atom stereocenters. The van der Waals surface area contributed by atoms with Crippen molar-refractivity contribution in [1.82, 2.24) is 9.97 Å². The van der Waals surface area contributed by atoms with Crippen molar-refractivity contribution in [1.29, 1.82) is 0 Å². The lowest BCUT2D eigenvalue weighted by atomic mass is 10.3. The molecule has 4 nitrogen and oxygen atoms in total. The fourth-order valence-corrected chi connectivity index (χ4v) is 2.19. The van der Waals surface area contributed by atoms with E-state index in [1.165, 1.54) is 0 Å². The van der Waals surface area contributed by atoms with Crippen LogP contribution in [0.4, 0.5) is 0 Å². The SMILES string of the molecule is S=c1[nH]c2ccccc2o1.S=c1[nH]c2ccccc2o1. The van der Waals surface area contributed by atoms with Gasteiger partial charge in [0.2, 0.25) is 0 Å². The van der Waals surface area contributed by atoms with E-state index in [0.717, 1.165) is 22.2 Å². The summed E-state index contributed by atoms with van der Waals surface area (Å²) in [6, 6.07) is 15.3. The summed E-state index contributed by atoms with van der Waals surface area (Å²) in [7, 11) is 0. The van der Waals surface area contributed by atoms with Crippen LogP contribution in [0.5, 0.6) is 0 Å². The highest BCUT2D eigenvalue weighted by Gasteiger charge is 1.93. The van der Waals surface area contributed by atoms with E-state index in [1.54, 1.807) is 0 Å². The Morgan fingerprint density at radius 3 is 1.45 bits per heavy atom. The van der Waals surface area contributed by atoms with Crippen LogP contribution in [-0.4, -0.2) is 9.97 Å². The minimum Gasteiger partial charge on any atom is -0.429 e. The Morgan fingerprint density at radius 1 is 0.650 bits per heavy atom. The van der Waals surface area contributed by atoms with Gasteiger partial charge in [0.25, 0.3) is 9.67 Å². The Kier molecular flexibility index (Phi) is 3.49. The largest absolute Gasteiger partial charge is 0.429 e. The number of oxazole rings is 2. The first-order valence-electron chi connectivity index (χ1n) is 5.88. The fraction of sp³-hybridized carbons (Fsp3) is 0. The van der Waals surface area contributed by atoms with Crippen molar-refractivity contribution in [3.63, 3.8) is 0 Å². The highest BCUT2D eigenvalue weighted by atomic mass is 32.1. The zero-order valence-electron chi connectivity index (χ0n) is 10.3. The van der Waals surface area contributed by atoms with Gasteiger partial charge in [0, 0.05) is 0 Å². The Hall–Kier alpha value is -2.18. The molecule has 2 heterocycles. The number of rotatable bonds is 0. The van der Waals surface area contributed by atoms with Crippen LogP contribution in [-0.2, 0) is 0 Å². The molecule has 0 aliphatic heterocycles. The van der Waals surface area contributed by atoms with Gasteiger partial charge >= 0.3 is 0 Å². The molecule has 0 aliphatic carbocycles. The molecule has 2 aromatic heterocycles. The summed E-state index contributed by atoms with van der Waals surface area (Å²) in [6.07, 6.45) is 0. The van der Waals surface area contributed by atoms with Crippen molar-refractivity contribution in [3.8, 4) is 0 Å². The first kappa shape index (κ1) is 12.8. The second-order valence-electron chi connectivity index (χ2n) is 4.02. The quantitative estimate of drug-likeness (QED) is 0.450. The molecule has 2 N–H and O–H groups in total. The van der Waals surface area contributed by atoms with E-state index in [0.29, 0.717) is 9.67 Å². The van der Waals surface area contributed by atoms with Crippen LogP contribution in [0.1, 0.15) is 0 Å². The summed E-state index contributed by atoms with van der Waals surface area (Å²) in [6.45, 7) is 0. The third-order valence-corrected chi connectivity index (χ3v) is 3.02. The van der Waals surface area contributed by atoms with Crippen LogP contribution in [0.25, 0.3) is 22.2 Å². The monoisotopic (exact) mass is 302 g/mol. The number of aromatic nitrogens is 2. The molecule has 0 saturated carbocycles. The number of fused-ring (bicyclic) bond motifs is 2. The van der Waals surface area contributed by atoms with Crippen molar-refractivity contribution in [2.45, 2.75) is 0 Å². The van der Waals surface area contributed by atoms with Gasteiger partial charge in [-0.15, -0.1) is 0 Å². The summed E-state index contributed by atoms with van der Waals surface area (Å²) >= 11 is 9.58. The standard InChI is InChI=1S/2C7H5NOS/c2*10-7-8-5-3-1-2-4-6(5)9-7/h2*1-4H,(H,8,10). The maximum atomic E-state index is 5.13. The van der Waals surface area contributed by atoms with Crippen LogP contribution in [0.2, 0.25) is 0 Å². The fourth-order valence-electron chi connectivity index (χ4n) is 1.79. The van der Waals surface area contributed by atoms with Gasteiger partial charge < -0.3 is 18.8 Å². The number of para-hydroxylation sites is 4. The molecule has 6 heteroatoms. The lowest BCUT2D eigenvalue weighted by Gasteiger charge is -1.80. The minimum absolute atomic E-state index is 0.432. The second-order valence-corrected chi connectivity index (χ2v) is 4.76. The third-order valence-electron chi connectivity index (χ3n) is 2.65. The van der Waals surface area contributed by atoms with Crippen molar-refractivity contribution < 1.29 is 8.83 Å². The molecule has 0 amide bonds. The molecule has 0 spiro atoms. The molecule has 0 bridgehead atoms. The molecular formula is C14H10N2O2S2. The molecule has 4 aromatic rings. The van der Waals surface area contributed by atoms with Crippen LogP contribution in [0.15, 0.2) is 57.4 Å². The number of nitrogens with one attached hydrogen (secondary N) is 2. The van der Waals surface area contributed by atoms with Gasteiger partial charge in [0.05, 0.1) is 11.0 Å². The van der Waals surface area contributed by atoms with E-state index in [2.05, 4.69) is 9.97 Å². The number of hydrogen-bond acceptors (Lipinski definition) is 4. The lowest BCUT2D eigenvalue weighted by Crippen LogP contribution is -1.62. The van der Waals surface area contributed by atoms with E-state index in [-0.39, 0.29) is 0 Å². The molecule has 20 heavy (non-hydrogen) atoms. The topological polar surface area (TPSA) is 57.9 Å². The van der Waals surface area contributed by atoms with E-state index in [1.807, 2.05) is 48.5 Å². The predicted molar refractivity (Wildman–Crippen MR) is 82.8 cm³/mol. The van der Waals surface area contributed by atoms with E-state index in [9.17, 15) is 0 Å². The van der Waals surface area contributed by atoms with E-state index >= 15 is 0 Å². The summed E-state index contributed by atoms with van der Waals surface area (Å²) in [5.41, 5.74) is 3.53. The van der Waals surface area contributed by atoms with E-state index < -0.39 is 0 Å². The summed E-state index contributed by atoms with van der Waals surface area (Å²) in [4.78, 5) is 6.68. The molecule has 0 fully saturated rings. The van der Waals surface area contributed by atoms with Crippen molar-refractivity contribution in [2.75, 3.05) is 0 Å². The second kappa shape index (κ2) is 5.44. The van der Waals surface area contributed by atoms with Crippen molar-refractivity contribution >= 4 is 46.6 Å². The van der Waals surface area contributed by atoms with Crippen LogP contribution >= 0.6 is 24.4 Å². The molecule has 0 atom stereocenters. The first-order valence-corrected chi connectivity index (χ1v) is 6.70. The average Bonchev–Trinajstić information content (AvgIpc) is 2.99. The molecule has 100 valence electrons. The molecule has 2 aromatic carbocycles. The number of hydrogen-bond donors (Lipinski definition) is 2. The lowest BCUT2D eigenvalue weighted by molar-refractivity contribution is 0.583. The Balaban J connectivity index is 0.000000121. The van der Waals surface area contributed by atoms with Gasteiger partial charge in [-0.25, -0.2) is 0 Å². The number of aromatic amines is 2. The van der Waals surface area contributed by atoms with E-state index in [4.69, 9.17) is 33.3 Å². The Labute approximate surface area is 124 Å². The zero-order valence-corrected chi connectivity index (χ0v) is 11.9. The van der Waals surface area contributed by atoms with Gasteiger partial charge in [-0.3, -0.25) is 0 Å². The Morgan fingerprint density at radius 2 is 1.05 bits per heavy atom. The number of benzene rings is 2. The summed E-state index contributed by atoms with van der Waals surface area (Å²) < 4.78 is 10.3. The zero-order chi connectivity index (χ0) is 13.9. The maximum Gasteiger partial charge on any atom is 0.266 e. The molecular weight excluding hydrogens is 292 g/mol. The van der Waals surface area contributed by atoms with Crippen LogP contribution in [0.3, 0.4) is 0 Å². The molecule has 4 rings (SSSR count). The van der Waals surface area contributed by atoms with Crippen LogP contribution in [0, 0.1) is 9.67 Å². The van der Waals surface area contributed by atoms with Gasteiger partial charge in [0.1, 0.15) is 0 Å². The summed E-state index contributed by atoms with van der Waals surface area (Å²) in [5.74, 6) is 0. The smallest absolute Gasteiger partial charge is 0.266 e. The van der Waals surface area contributed by atoms with Gasteiger partial charge in [-0.2, -0.15) is 0 Å². The molecule has 0 saturated heterocycles. The normalized spacial score (nSPS) is 10.4. The predicted octanol–water partition coefficient (Wildman–Crippen LogP) is 4.98. The maximum absolute atomic E-state index is 5.13. The van der Waals surface area contributed by atoms with Crippen LogP contribution < -0.4 is 0 Å². The average molecular weight is 302 g/mol. The summed E-state index contributed by atoms with van der Waals surface area (Å²) in [5, 5.41) is 0. The third kappa shape index (κ3) is 2.71. The first-order chi connectivity index (χ1) is 9.72. The minimum atomic E-state index is 0.432. The van der Waals surface area contributed by atoms with Gasteiger partial charge in [-0.1, -0.05) is 24.3 Å². The van der Waals surface area contributed by atoms with Crippen molar-refractivity contribution in [2.24, 2.45) is 0 Å². The number of H-pyrrole nitrogens is 2. The Bertz CT molecular complexity index is 810. The molecule has 0 aliphatic rings. The molecule has 0 radical (unpaired) electrons.